The van der Waals surface area contributed by atoms with Crippen LogP contribution < -0.4 is 20.9 Å². The number of para-hydroxylation sites is 2. The number of benzene rings is 1. The third-order valence-electron chi connectivity index (χ3n) is 2.59. The lowest BCUT2D eigenvalue weighted by Crippen LogP contribution is -2.14. The molecule has 0 atom stereocenters. The number of nitrogens with one attached hydrogen (secondary N) is 1. The number of hydrogen-bond acceptors (Lipinski definition) is 6. The molecule has 0 saturated heterocycles. The van der Waals surface area contributed by atoms with Crippen molar-refractivity contribution in [3.8, 4) is 5.75 Å². The Morgan fingerprint density at radius 2 is 2.06 bits per heavy atom. The van der Waals surface area contributed by atoms with Crippen LogP contribution in [0.15, 0.2) is 36.7 Å². The molecule has 0 aliphatic heterocycles. The van der Waals surface area contributed by atoms with Crippen molar-refractivity contribution in [3.05, 3.63) is 36.7 Å². The predicted octanol–water partition coefficient (Wildman–Crippen LogP) is 1.54. The van der Waals surface area contributed by atoms with Crippen molar-refractivity contribution in [3.63, 3.8) is 0 Å². The summed E-state index contributed by atoms with van der Waals surface area (Å²) >= 11 is 0. The Labute approximate surface area is 105 Å². The van der Waals surface area contributed by atoms with E-state index in [4.69, 9.17) is 10.6 Å². The molecule has 6 heteroatoms. The van der Waals surface area contributed by atoms with Gasteiger partial charge in [0.1, 0.15) is 23.7 Å². The van der Waals surface area contributed by atoms with Gasteiger partial charge in [0.15, 0.2) is 0 Å². The standard InChI is InChI=1S/C12H15N5O/c1-17(9-5-3-4-6-10(9)18-2)12-7-11(16-13)14-8-15-12/h3-8H,13H2,1-2H3,(H,14,15,16). The first-order chi connectivity index (χ1) is 8.76. The smallest absolute Gasteiger partial charge is 0.145 e. The highest BCUT2D eigenvalue weighted by Gasteiger charge is 2.10. The molecule has 0 radical (unpaired) electrons. The average Bonchev–Trinajstić information content (AvgIpc) is 2.46. The van der Waals surface area contributed by atoms with E-state index in [1.54, 1.807) is 13.2 Å². The van der Waals surface area contributed by atoms with Gasteiger partial charge in [0, 0.05) is 13.1 Å². The number of nitrogens with zero attached hydrogens (tertiary/aromatic N) is 3. The number of hydrazine groups is 1. The Bertz CT molecular complexity index is 531. The lowest BCUT2D eigenvalue weighted by atomic mass is 10.2. The number of nitrogen functional groups attached to an aromatic ring is 1. The number of hydrogen-bond donors (Lipinski definition) is 2. The van der Waals surface area contributed by atoms with Crippen LogP contribution >= 0.6 is 0 Å². The molecule has 1 aromatic carbocycles. The van der Waals surface area contributed by atoms with Gasteiger partial charge in [-0.2, -0.15) is 0 Å². The van der Waals surface area contributed by atoms with Gasteiger partial charge in [-0.15, -0.1) is 0 Å². The highest BCUT2D eigenvalue weighted by molar-refractivity contribution is 5.67. The molecule has 0 fully saturated rings. The molecule has 0 saturated carbocycles. The maximum atomic E-state index is 5.33. The van der Waals surface area contributed by atoms with Crippen LogP contribution in [0, 0.1) is 0 Å². The lowest BCUT2D eigenvalue weighted by molar-refractivity contribution is 0.415. The highest BCUT2D eigenvalue weighted by atomic mass is 16.5. The Balaban J connectivity index is 2.37. The maximum absolute atomic E-state index is 5.33. The van der Waals surface area contributed by atoms with E-state index in [0.29, 0.717) is 5.82 Å². The van der Waals surface area contributed by atoms with Gasteiger partial charge in [-0.1, -0.05) is 12.1 Å². The molecule has 2 rings (SSSR count). The van der Waals surface area contributed by atoms with Crippen LogP contribution in [0.5, 0.6) is 5.75 Å². The summed E-state index contributed by atoms with van der Waals surface area (Å²) in [5, 5.41) is 0. The molecule has 0 aliphatic carbocycles. The van der Waals surface area contributed by atoms with Gasteiger partial charge < -0.3 is 15.1 Å². The molecular weight excluding hydrogens is 230 g/mol. The van der Waals surface area contributed by atoms with Crippen molar-refractivity contribution >= 4 is 17.3 Å². The number of methoxy groups -OCH3 is 1. The second kappa shape index (κ2) is 5.33. The molecule has 0 amide bonds. The number of rotatable bonds is 4. The van der Waals surface area contributed by atoms with E-state index in [9.17, 15) is 0 Å². The van der Waals surface area contributed by atoms with Crippen LogP contribution in [0.25, 0.3) is 0 Å². The third kappa shape index (κ3) is 2.33. The Hall–Kier alpha value is -2.34. The molecule has 18 heavy (non-hydrogen) atoms. The minimum absolute atomic E-state index is 0.557. The molecule has 94 valence electrons. The van der Waals surface area contributed by atoms with E-state index >= 15 is 0 Å². The quantitative estimate of drug-likeness (QED) is 0.628. The summed E-state index contributed by atoms with van der Waals surface area (Å²) in [4.78, 5) is 10.1. The zero-order valence-corrected chi connectivity index (χ0v) is 10.3. The SMILES string of the molecule is COc1ccccc1N(C)c1cc(NN)ncn1. The Morgan fingerprint density at radius 1 is 1.28 bits per heavy atom. The van der Waals surface area contributed by atoms with Crippen LogP contribution in [0.1, 0.15) is 0 Å². The fourth-order valence-corrected chi connectivity index (χ4v) is 1.64. The van der Waals surface area contributed by atoms with E-state index in [1.807, 2.05) is 36.2 Å². The fraction of sp³-hybridized carbons (Fsp3) is 0.167. The van der Waals surface area contributed by atoms with Gasteiger partial charge in [0.05, 0.1) is 12.8 Å². The van der Waals surface area contributed by atoms with Crippen molar-refractivity contribution in [2.24, 2.45) is 5.84 Å². The molecule has 6 nitrogen and oxygen atoms in total. The summed E-state index contributed by atoms with van der Waals surface area (Å²) in [5.74, 6) is 7.39. The Kier molecular flexibility index (Phi) is 3.59. The first-order valence-corrected chi connectivity index (χ1v) is 5.41. The minimum atomic E-state index is 0.557. The minimum Gasteiger partial charge on any atom is -0.495 e. The topological polar surface area (TPSA) is 76.3 Å². The van der Waals surface area contributed by atoms with Gasteiger partial charge >= 0.3 is 0 Å². The average molecular weight is 245 g/mol. The predicted molar refractivity (Wildman–Crippen MR) is 70.9 cm³/mol. The maximum Gasteiger partial charge on any atom is 0.145 e. The van der Waals surface area contributed by atoms with E-state index in [-0.39, 0.29) is 0 Å². The monoisotopic (exact) mass is 245 g/mol. The lowest BCUT2D eigenvalue weighted by Gasteiger charge is -2.20. The molecule has 0 aliphatic rings. The van der Waals surface area contributed by atoms with Crippen LogP contribution in [-0.4, -0.2) is 24.1 Å². The summed E-state index contributed by atoms with van der Waals surface area (Å²) < 4.78 is 5.32. The summed E-state index contributed by atoms with van der Waals surface area (Å²) in [6, 6.07) is 9.47. The van der Waals surface area contributed by atoms with E-state index in [2.05, 4.69) is 15.4 Å². The van der Waals surface area contributed by atoms with E-state index in [1.165, 1.54) is 6.33 Å². The molecule has 0 bridgehead atoms. The highest BCUT2D eigenvalue weighted by Crippen LogP contribution is 2.31. The second-order valence-corrected chi connectivity index (χ2v) is 3.64. The first kappa shape index (κ1) is 12.1. The Morgan fingerprint density at radius 3 is 2.78 bits per heavy atom. The van der Waals surface area contributed by atoms with Crippen LogP contribution in [0.4, 0.5) is 17.3 Å². The van der Waals surface area contributed by atoms with Crippen molar-refractivity contribution in [1.29, 1.82) is 0 Å². The van der Waals surface area contributed by atoms with Crippen molar-refractivity contribution in [1.82, 2.24) is 9.97 Å². The van der Waals surface area contributed by atoms with Crippen molar-refractivity contribution in [2.45, 2.75) is 0 Å². The van der Waals surface area contributed by atoms with Crippen LogP contribution in [0.3, 0.4) is 0 Å². The molecular formula is C12H15N5O. The number of ether oxygens (including phenoxy) is 1. The van der Waals surface area contributed by atoms with Crippen LogP contribution in [-0.2, 0) is 0 Å². The normalized spacial score (nSPS) is 9.94. The number of nitrogens with two attached hydrogens (primary N) is 1. The van der Waals surface area contributed by atoms with Gasteiger partial charge in [-0.3, -0.25) is 0 Å². The third-order valence-corrected chi connectivity index (χ3v) is 2.59. The van der Waals surface area contributed by atoms with E-state index in [0.717, 1.165) is 17.3 Å². The number of anilines is 3. The molecule has 1 heterocycles. The molecule has 2 aromatic rings. The molecule has 3 N–H and O–H groups in total. The fourth-order valence-electron chi connectivity index (χ4n) is 1.64. The molecule has 1 aromatic heterocycles. The molecule has 0 spiro atoms. The summed E-state index contributed by atoms with van der Waals surface area (Å²) in [6.45, 7) is 0. The summed E-state index contributed by atoms with van der Waals surface area (Å²) in [7, 11) is 3.54. The zero-order valence-electron chi connectivity index (χ0n) is 10.3. The first-order valence-electron chi connectivity index (χ1n) is 5.41. The van der Waals surface area contributed by atoms with Gasteiger partial charge in [-0.05, 0) is 12.1 Å². The largest absolute Gasteiger partial charge is 0.495 e. The molecule has 0 unspecified atom stereocenters. The van der Waals surface area contributed by atoms with E-state index < -0.39 is 0 Å². The summed E-state index contributed by atoms with van der Waals surface area (Å²) in [5.41, 5.74) is 3.41. The van der Waals surface area contributed by atoms with Crippen molar-refractivity contribution < 1.29 is 4.74 Å². The second-order valence-electron chi connectivity index (χ2n) is 3.64. The van der Waals surface area contributed by atoms with Gasteiger partial charge in [0.2, 0.25) is 0 Å². The summed E-state index contributed by atoms with van der Waals surface area (Å²) in [6.07, 6.45) is 1.45. The zero-order chi connectivity index (χ0) is 13.0. The van der Waals surface area contributed by atoms with Gasteiger partial charge in [0.25, 0.3) is 0 Å². The van der Waals surface area contributed by atoms with Crippen molar-refractivity contribution in [2.75, 3.05) is 24.5 Å². The number of aromatic nitrogens is 2. The van der Waals surface area contributed by atoms with Gasteiger partial charge in [-0.25, -0.2) is 15.8 Å². The van der Waals surface area contributed by atoms with Crippen LogP contribution in [0.2, 0.25) is 0 Å².